The van der Waals surface area contributed by atoms with Crippen LogP contribution >= 0.6 is 11.8 Å². The highest BCUT2D eigenvalue weighted by Crippen LogP contribution is 2.33. The van der Waals surface area contributed by atoms with E-state index in [9.17, 15) is 9.90 Å². The molecule has 0 aromatic heterocycles. The zero-order valence-corrected chi connectivity index (χ0v) is 12.5. The van der Waals surface area contributed by atoms with E-state index in [4.69, 9.17) is 9.47 Å². The number of nitrogens with one attached hydrogen (secondary N) is 1. The third kappa shape index (κ3) is 3.30. The average Bonchev–Trinajstić information content (AvgIpc) is 2.97. The van der Waals surface area contributed by atoms with Gasteiger partial charge in [-0.1, -0.05) is 0 Å². The molecule has 1 heterocycles. The molecule has 1 fully saturated rings. The first kappa shape index (κ1) is 14.8. The summed E-state index contributed by atoms with van der Waals surface area (Å²) in [5, 5.41) is 13.3. The van der Waals surface area contributed by atoms with Crippen LogP contribution in [0.5, 0.6) is 17.2 Å². The second-order valence-corrected chi connectivity index (χ2v) is 5.98. The number of hydrogen-bond donors (Lipinski definition) is 2. The van der Waals surface area contributed by atoms with Crippen molar-refractivity contribution in [3.8, 4) is 17.2 Å². The number of thioether (sulfide) groups is 1. The van der Waals surface area contributed by atoms with Crippen molar-refractivity contribution in [2.45, 2.75) is 18.1 Å². The Bertz CT molecular complexity index is 486. The highest BCUT2D eigenvalue weighted by atomic mass is 32.2. The van der Waals surface area contributed by atoms with Gasteiger partial charge in [0.2, 0.25) is 0 Å². The van der Waals surface area contributed by atoms with Crippen molar-refractivity contribution in [1.82, 2.24) is 5.32 Å². The number of carbonyl (C=O) groups is 1. The van der Waals surface area contributed by atoms with Crippen LogP contribution in [-0.4, -0.2) is 42.8 Å². The molecule has 5 nitrogen and oxygen atoms in total. The highest BCUT2D eigenvalue weighted by Gasteiger charge is 2.21. The molecule has 2 N–H and O–H groups in total. The fraction of sp³-hybridized carbons (Fsp3) is 0.500. The molecule has 1 aromatic rings. The summed E-state index contributed by atoms with van der Waals surface area (Å²) >= 11 is 1.87. The Labute approximate surface area is 122 Å². The van der Waals surface area contributed by atoms with E-state index in [1.54, 1.807) is 6.07 Å². The van der Waals surface area contributed by atoms with Gasteiger partial charge in [-0.2, -0.15) is 11.8 Å². The molecule has 20 heavy (non-hydrogen) atoms. The molecule has 1 aliphatic rings. The summed E-state index contributed by atoms with van der Waals surface area (Å²) < 4.78 is 10.2. The summed E-state index contributed by atoms with van der Waals surface area (Å²) in [6.07, 6.45) is 2.32. The van der Waals surface area contributed by atoms with Gasteiger partial charge < -0.3 is 19.9 Å². The lowest BCUT2D eigenvalue weighted by molar-refractivity contribution is 0.0947. The molecule has 0 aliphatic carbocycles. The van der Waals surface area contributed by atoms with Gasteiger partial charge in [0.25, 0.3) is 5.91 Å². The molecule has 0 radical (unpaired) electrons. The van der Waals surface area contributed by atoms with Crippen molar-refractivity contribution in [3.05, 3.63) is 17.7 Å². The van der Waals surface area contributed by atoms with Crippen molar-refractivity contribution in [3.63, 3.8) is 0 Å². The third-order valence-electron chi connectivity index (χ3n) is 3.25. The lowest BCUT2D eigenvalue weighted by Crippen LogP contribution is -2.30. The molecule has 1 aliphatic heterocycles. The fourth-order valence-corrected chi connectivity index (χ4v) is 3.38. The van der Waals surface area contributed by atoms with Crippen molar-refractivity contribution in [1.29, 1.82) is 0 Å². The molecule has 1 atom stereocenters. The van der Waals surface area contributed by atoms with E-state index in [1.807, 2.05) is 11.8 Å². The first-order valence-electron chi connectivity index (χ1n) is 6.50. The van der Waals surface area contributed by atoms with Crippen molar-refractivity contribution in [2.24, 2.45) is 0 Å². The van der Waals surface area contributed by atoms with Crippen LogP contribution in [0.1, 0.15) is 23.2 Å². The molecule has 1 aromatic carbocycles. The van der Waals surface area contributed by atoms with Gasteiger partial charge in [0.15, 0.2) is 0 Å². The van der Waals surface area contributed by atoms with Gasteiger partial charge in [0, 0.05) is 23.9 Å². The summed E-state index contributed by atoms with van der Waals surface area (Å²) in [4.78, 5) is 12.2. The Morgan fingerprint density at radius 1 is 1.45 bits per heavy atom. The maximum Gasteiger partial charge on any atom is 0.258 e. The minimum Gasteiger partial charge on any atom is -0.507 e. The maximum atomic E-state index is 12.2. The maximum absolute atomic E-state index is 12.2. The van der Waals surface area contributed by atoms with Gasteiger partial charge in [-0.05, 0) is 18.6 Å². The van der Waals surface area contributed by atoms with E-state index in [1.165, 1.54) is 26.7 Å². The highest BCUT2D eigenvalue weighted by molar-refractivity contribution is 8.00. The van der Waals surface area contributed by atoms with Crippen LogP contribution < -0.4 is 14.8 Å². The van der Waals surface area contributed by atoms with Crippen LogP contribution in [0.2, 0.25) is 0 Å². The molecule has 0 bridgehead atoms. The number of benzene rings is 1. The number of phenols is 1. The number of methoxy groups -OCH3 is 2. The van der Waals surface area contributed by atoms with E-state index >= 15 is 0 Å². The van der Waals surface area contributed by atoms with Crippen LogP contribution in [-0.2, 0) is 0 Å². The minimum atomic E-state index is -0.325. The molecule has 0 spiro atoms. The predicted molar refractivity (Wildman–Crippen MR) is 79.0 cm³/mol. The lowest BCUT2D eigenvalue weighted by Gasteiger charge is -2.14. The summed E-state index contributed by atoms with van der Waals surface area (Å²) in [5.74, 6) is 1.44. The third-order valence-corrected chi connectivity index (χ3v) is 4.65. The number of aromatic hydroxyl groups is 1. The van der Waals surface area contributed by atoms with E-state index in [0.29, 0.717) is 23.3 Å². The van der Waals surface area contributed by atoms with Crippen molar-refractivity contribution >= 4 is 17.7 Å². The van der Waals surface area contributed by atoms with Gasteiger partial charge in [-0.3, -0.25) is 4.79 Å². The molecule has 1 saturated heterocycles. The number of amides is 1. The normalized spacial score (nSPS) is 17.8. The van der Waals surface area contributed by atoms with E-state index in [-0.39, 0.29) is 17.2 Å². The zero-order chi connectivity index (χ0) is 14.5. The first-order chi connectivity index (χ1) is 9.65. The monoisotopic (exact) mass is 297 g/mol. The standard InChI is InChI=1S/C14H19NO4S/c1-18-9-6-11(16)13(12(7-9)19-2)14(17)15-8-10-4-3-5-20-10/h6-7,10,16H,3-5,8H2,1-2H3,(H,15,17). The fourth-order valence-electron chi connectivity index (χ4n) is 2.18. The average molecular weight is 297 g/mol. The molecular weight excluding hydrogens is 278 g/mol. The van der Waals surface area contributed by atoms with Crippen molar-refractivity contribution in [2.75, 3.05) is 26.5 Å². The Balaban J connectivity index is 2.11. The summed E-state index contributed by atoms with van der Waals surface area (Å²) in [6, 6.07) is 2.99. The van der Waals surface area contributed by atoms with E-state index in [0.717, 1.165) is 12.2 Å². The second-order valence-electron chi connectivity index (χ2n) is 4.57. The zero-order valence-electron chi connectivity index (χ0n) is 11.6. The van der Waals surface area contributed by atoms with Crippen LogP contribution in [0, 0.1) is 0 Å². The van der Waals surface area contributed by atoms with Gasteiger partial charge in [0.05, 0.1) is 14.2 Å². The van der Waals surface area contributed by atoms with Crippen LogP contribution in [0.4, 0.5) is 0 Å². The first-order valence-corrected chi connectivity index (χ1v) is 7.55. The van der Waals surface area contributed by atoms with Crippen molar-refractivity contribution < 1.29 is 19.4 Å². The van der Waals surface area contributed by atoms with Crippen LogP contribution in [0.3, 0.4) is 0 Å². The van der Waals surface area contributed by atoms with Gasteiger partial charge >= 0.3 is 0 Å². The largest absolute Gasteiger partial charge is 0.507 e. The molecule has 0 saturated carbocycles. The summed E-state index contributed by atoms with van der Waals surface area (Å²) in [7, 11) is 2.95. The number of phenolic OH excluding ortho intramolecular Hbond substituents is 1. The number of ether oxygens (including phenoxy) is 2. The minimum absolute atomic E-state index is 0.141. The molecule has 110 valence electrons. The van der Waals surface area contributed by atoms with Crippen LogP contribution in [0.25, 0.3) is 0 Å². The number of rotatable bonds is 5. The van der Waals surface area contributed by atoms with E-state index in [2.05, 4.69) is 5.32 Å². The number of carbonyl (C=O) groups excluding carboxylic acids is 1. The van der Waals surface area contributed by atoms with E-state index < -0.39 is 0 Å². The molecule has 1 amide bonds. The quantitative estimate of drug-likeness (QED) is 0.870. The Hall–Kier alpha value is -1.56. The Kier molecular flexibility index (Phi) is 5.00. The van der Waals surface area contributed by atoms with Gasteiger partial charge in [-0.25, -0.2) is 0 Å². The molecule has 1 unspecified atom stereocenters. The molecule has 2 rings (SSSR count). The smallest absolute Gasteiger partial charge is 0.258 e. The Morgan fingerprint density at radius 2 is 2.25 bits per heavy atom. The summed E-state index contributed by atoms with van der Waals surface area (Å²) in [5.41, 5.74) is 0.149. The second kappa shape index (κ2) is 6.74. The number of hydrogen-bond acceptors (Lipinski definition) is 5. The topological polar surface area (TPSA) is 67.8 Å². The molecular formula is C14H19NO4S. The SMILES string of the molecule is COc1cc(O)c(C(=O)NCC2CCCS2)c(OC)c1. The predicted octanol–water partition coefficient (Wildman–Crippen LogP) is 2.03. The molecule has 6 heteroatoms. The Morgan fingerprint density at radius 3 is 2.85 bits per heavy atom. The van der Waals surface area contributed by atoms with Crippen LogP contribution in [0.15, 0.2) is 12.1 Å². The van der Waals surface area contributed by atoms with Gasteiger partial charge in [0.1, 0.15) is 22.8 Å². The lowest BCUT2D eigenvalue weighted by atomic mass is 10.1. The summed E-state index contributed by atoms with van der Waals surface area (Å²) in [6.45, 7) is 0.609. The van der Waals surface area contributed by atoms with Gasteiger partial charge in [-0.15, -0.1) is 0 Å².